The van der Waals surface area contributed by atoms with E-state index < -0.39 is 0 Å². The van der Waals surface area contributed by atoms with Crippen LogP contribution < -0.4 is 5.32 Å². The predicted molar refractivity (Wildman–Crippen MR) is 80.3 cm³/mol. The number of likely N-dealkylation sites (N-methyl/N-ethyl adjacent to an activating group) is 1. The van der Waals surface area contributed by atoms with Crippen molar-refractivity contribution in [3.63, 3.8) is 0 Å². The van der Waals surface area contributed by atoms with Gasteiger partial charge >= 0.3 is 0 Å². The van der Waals surface area contributed by atoms with Crippen LogP contribution in [0.2, 0.25) is 0 Å². The maximum atomic E-state index is 12.1. The Bertz CT molecular complexity index is 403. The van der Waals surface area contributed by atoms with Crippen LogP contribution in [0.4, 0.5) is 0 Å². The zero-order valence-corrected chi connectivity index (χ0v) is 12.6. The summed E-state index contributed by atoms with van der Waals surface area (Å²) in [6, 6.07) is 8.41. The van der Waals surface area contributed by atoms with Crippen molar-refractivity contribution >= 4 is 5.91 Å². The summed E-state index contributed by atoms with van der Waals surface area (Å²) in [6.45, 7) is 7.81. The van der Waals surface area contributed by atoms with Crippen LogP contribution in [0.1, 0.15) is 31.4 Å². The van der Waals surface area contributed by atoms with Crippen molar-refractivity contribution in [1.29, 1.82) is 0 Å². The molecule has 19 heavy (non-hydrogen) atoms. The molecule has 0 aliphatic rings. The first-order valence-electron chi connectivity index (χ1n) is 7.12. The lowest BCUT2D eigenvalue weighted by atomic mass is 10.1. The molecule has 1 rings (SSSR count). The molecule has 106 valence electrons. The summed E-state index contributed by atoms with van der Waals surface area (Å²) in [6.07, 6.45) is 1.74. The highest BCUT2D eigenvalue weighted by Gasteiger charge is 2.19. The van der Waals surface area contributed by atoms with Gasteiger partial charge in [0.15, 0.2) is 0 Å². The van der Waals surface area contributed by atoms with Crippen LogP contribution in [0, 0.1) is 6.92 Å². The third-order valence-corrected chi connectivity index (χ3v) is 3.52. The fourth-order valence-electron chi connectivity index (χ4n) is 2.23. The Kier molecular flexibility index (Phi) is 6.57. The molecule has 0 bridgehead atoms. The molecule has 0 aromatic heterocycles. The molecule has 1 atom stereocenters. The molecule has 1 aromatic carbocycles. The summed E-state index contributed by atoms with van der Waals surface area (Å²) in [5.74, 6) is 0.138. The third kappa shape index (κ3) is 5.03. The monoisotopic (exact) mass is 262 g/mol. The number of nitrogens with zero attached hydrogens (tertiary/aromatic N) is 1. The highest BCUT2D eigenvalue weighted by atomic mass is 16.2. The summed E-state index contributed by atoms with van der Waals surface area (Å²) in [5, 5.41) is 3.04. The number of carbonyl (C=O) groups excluding carboxylic acids is 1. The molecular weight excluding hydrogens is 236 g/mol. The average Bonchev–Trinajstić information content (AvgIpc) is 2.39. The van der Waals surface area contributed by atoms with Gasteiger partial charge in [-0.05, 0) is 38.9 Å². The number of nitrogens with one attached hydrogen (secondary N) is 1. The lowest BCUT2D eigenvalue weighted by Crippen LogP contribution is -2.45. The highest BCUT2D eigenvalue weighted by molar-refractivity contribution is 5.81. The molecule has 1 amide bonds. The smallest absolute Gasteiger partial charge is 0.237 e. The Labute approximate surface area is 117 Å². The molecule has 0 saturated heterocycles. The number of hydrogen-bond acceptors (Lipinski definition) is 2. The number of rotatable bonds is 7. The maximum Gasteiger partial charge on any atom is 0.237 e. The van der Waals surface area contributed by atoms with Gasteiger partial charge in [-0.2, -0.15) is 0 Å². The van der Waals surface area contributed by atoms with Gasteiger partial charge in [-0.3, -0.25) is 9.69 Å². The molecule has 0 radical (unpaired) electrons. The van der Waals surface area contributed by atoms with Crippen molar-refractivity contribution in [2.45, 2.75) is 39.7 Å². The van der Waals surface area contributed by atoms with Gasteiger partial charge in [-0.1, -0.05) is 43.7 Å². The van der Waals surface area contributed by atoms with Crippen molar-refractivity contribution in [1.82, 2.24) is 10.2 Å². The lowest BCUT2D eigenvalue weighted by molar-refractivity contribution is -0.126. The minimum Gasteiger partial charge on any atom is -0.354 e. The van der Waals surface area contributed by atoms with Gasteiger partial charge in [0.1, 0.15) is 0 Å². The van der Waals surface area contributed by atoms with Gasteiger partial charge in [0.05, 0.1) is 6.04 Å². The topological polar surface area (TPSA) is 32.3 Å². The van der Waals surface area contributed by atoms with Gasteiger partial charge in [-0.15, -0.1) is 0 Å². The number of hydrogen-bond donors (Lipinski definition) is 1. The summed E-state index contributed by atoms with van der Waals surface area (Å²) in [4.78, 5) is 14.2. The van der Waals surface area contributed by atoms with Crippen molar-refractivity contribution < 1.29 is 4.79 Å². The van der Waals surface area contributed by atoms with E-state index in [2.05, 4.69) is 55.3 Å². The number of aryl methyl sites for hydroxylation is 1. The summed E-state index contributed by atoms with van der Waals surface area (Å²) < 4.78 is 0. The molecule has 1 aromatic rings. The van der Waals surface area contributed by atoms with Gasteiger partial charge in [0.2, 0.25) is 5.91 Å². The molecule has 3 nitrogen and oxygen atoms in total. The Morgan fingerprint density at radius 2 is 2.11 bits per heavy atom. The molecule has 0 saturated carbocycles. The first kappa shape index (κ1) is 15.7. The average molecular weight is 262 g/mol. The lowest BCUT2D eigenvalue weighted by Gasteiger charge is -2.24. The molecule has 0 fully saturated rings. The third-order valence-electron chi connectivity index (χ3n) is 3.52. The Morgan fingerprint density at radius 1 is 1.37 bits per heavy atom. The predicted octanol–water partition coefficient (Wildman–Crippen LogP) is 2.38. The Morgan fingerprint density at radius 3 is 2.68 bits per heavy atom. The van der Waals surface area contributed by atoms with Gasteiger partial charge in [0, 0.05) is 6.54 Å². The zero-order valence-electron chi connectivity index (χ0n) is 12.6. The molecule has 1 N–H and O–H groups in total. The summed E-state index contributed by atoms with van der Waals surface area (Å²) >= 11 is 0. The quantitative estimate of drug-likeness (QED) is 0.818. The normalized spacial score (nSPS) is 12.5. The minimum atomic E-state index is -0.0116. The second-order valence-electron chi connectivity index (χ2n) is 5.03. The van der Waals surface area contributed by atoms with Crippen LogP contribution >= 0.6 is 0 Å². The molecule has 3 heteroatoms. The van der Waals surface area contributed by atoms with E-state index in [-0.39, 0.29) is 11.9 Å². The van der Waals surface area contributed by atoms with E-state index in [1.165, 1.54) is 11.1 Å². The van der Waals surface area contributed by atoms with Crippen LogP contribution in [-0.2, 0) is 11.2 Å². The van der Waals surface area contributed by atoms with E-state index in [9.17, 15) is 4.79 Å². The standard InChI is InChI=1S/C16H26N2O/c1-5-15(18(4)6-2)16(19)17-11-10-14-9-7-8-13(3)12-14/h7-9,12,15H,5-6,10-11H2,1-4H3,(H,17,19). The van der Waals surface area contributed by atoms with E-state index in [0.717, 1.165) is 19.4 Å². The zero-order chi connectivity index (χ0) is 14.3. The van der Waals surface area contributed by atoms with Crippen LogP contribution in [0.3, 0.4) is 0 Å². The fourth-order valence-corrected chi connectivity index (χ4v) is 2.23. The number of amides is 1. The summed E-state index contributed by atoms with van der Waals surface area (Å²) in [7, 11) is 1.99. The van der Waals surface area contributed by atoms with Gasteiger partial charge in [-0.25, -0.2) is 0 Å². The number of carbonyl (C=O) groups is 1. The van der Waals surface area contributed by atoms with Crippen molar-refractivity contribution in [2.24, 2.45) is 0 Å². The van der Waals surface area contributed by atoms with E-state index in [0.29, 0.717) is 6.54 Å². The number of benzene rings is 1. The molecule has 0 aliphatic carbocycles. The largest absolute Gasteiger partial charge is 0.354 e. The van der Waals surface area contributed by atoms with Crippen LogP contribution in [0.5, 0.6) is 0 Å². The van der Waals surface area contributed by atoms with E-state index >= 15 is 0 Å². The minimum absolute atomic E-state index is 0.0116. The molecule has 1 unspecified atom stereocenters. The van der Waals surface area contributed by atoms with E-state index in [1.54, 1.807) is 0 Å². The molecular formula is C16H26N2O. The van der Waals surface area contributed by atoms with Crippen LogP contribution in [0.25, 0.3) is 0 Å². The Hall–Kier alpha value is -1.35. The first-order chi connectivity index (χ1) is 9.08. The highest BCUT2D eigenvalue weighted by Crippen LogP contribution is 2.05. The SMILES string of the molecule is CCC(C(=O)NCCc1cccc(C)c1)N(C)CC. The van der Waals surface area contributed by atoms with Gasteiger partial charge < -0.3 is 5.32 Å². The maximum absolute atomic E-state index is 12.1. The first-order valence-corrected chi connectivity index (χ1v) is 7.12. The summed E-state index contributed by atoms with van der Waals surface area (Å²) in [5.41, 5.74) is 2.54. The van der Waals surface area contributed by atoms with Crippen LogP contribution in [0.15, 0.2) is 24.3 Å². The van der Waals surface area contributed by atoms with Gasteiger partial charge in [0.25, 0.3) is 0 Å². The van der Waals surface area contributed by atoms with E-state index in [4.69, 9.17) is 0 Å². The van der Waals surface area contributed by atoms with Crippen LogP contribution in [-0.4, -0.2) is 37.0 Å². The second-order valence-corrected chi connectivity index (χ2v) is 5.03. The fraction of sp³-hybridized carbons (Fsp3) is 0.562. The molecule has 0 aliphatic heterocycles. The molecule has 0 heterocycles. The van der Waals surface area contributed by atoms with Crippen molar-refractivity contribution in [3.8, 4) is 0 Å². The molecule has 0 spiro atoms. The van der Waals surface area contributed by atoms with Crippen molar-refractivity contribution in [3.05, 3.63) is 35.4 Å². The van der Waals surface area contributed by atoms with E-state index in [1.807, 2.05) is 7.05 Å². The second kappa shape index (κ2) is 7.95. The Balaban J connectivity index is 2.41. The van der Waals surface area contributed by atoms with Crippen molar-refractivity contribution in [2.75, 3.05) is 20.1 Å².